The van der Waals surface area contributed by atoms with E-state index in [9.17, 15) is 9.59 Å². The molecule has 4 heteroatoms. The number of hydrogen-bond donors (Lipinski definition) is 0. The summed E-state index contributed by atoms with van der Waals surface area (Å²) in [6.07, 6.45) is 7.62. The van der Waals surface area contributed by atoms with Gasteiger partial charge in [0.15, 0.2) is 5.78 Å². The number of hydrogen-bond acceptors (Lipinski definition) is 3. The number of carbonyl (C=O) groups is 2. The first-order valence-corrected chi connectivity index (χ1v) is 9.22. The first kappa shape index (κ1) is 15.8. The molecule has 1 aromatic rings. The molecule has 1 unspecified atom stereocenters. The number of amides is 1. The van der Waals surface area contributed by atoms with Gasteiger partial charge in [0.1, 0.15) is 5.60 Å². The van der Waals surface area contributed by atoms with Gasteiger partial charge in [-0.1, -0.05) is 18.2 Å². The third-order valence-corrected chi connectivity index (χ3v) is 5.85. The Morgan fingerprint density at radius 1 is 1.12 bits per heavy atom. The van der Waals surface area contributed by atoms with Crippen molar-refractivity contribution < 1.29 is 14.3 Å². The monoisotopic (exact) mass is 327 g/mol. The molecule has 4 nitrogen and oxygen atoms in total. The van der Waals surface area contributed by atoms with Crippen molar-refractivity contribution in [1.82, 2.24) is 4.90 Å². The van der Waals surface area contributed by atoms with E-state index in [1.165, 1.54) is 24.0 Å². The summed E-state index contributed by atoms with van der Waals surface area (Å²) in [6.45, 7) is 1.52. The summed E-state index contributed by atoms with van der Waals surface area (Å²) in [5.74, 6) is 0.150. The van der Waals surface area contributed by atoms with Crippen LogP contribution in [0.5, 0.6) is 0 Å². The number of Topliss-reactive ketones (excluding diaryl/α,β-unsaturated/α-hetero) is 1. The Morgan fingerprint density at radius 2 is 1.96 bits per heavy atom. The van der Waals surface area contributed by atoms with Gasteiger partial charge in [-0.15, -0.1) is 0 Å². The second kappa shape index (κ2) is 6.32. The van der Waals surface area contributed by atoms with Gasteiger partial charge >= 0.3 is 0 Å². The third-order valence-electron chi connectivity index (χ3n) is 5.85. The standard InChI is InChI=1S/C20H25NO3/c22-18-14-21(10-9-20(18)8-3-11-24-20)19(23)13-15-6-7-16-4-1-2-5-17(16)12-15/h6-7,12H,1-5,8-11,13-14H2. The fourth-order valence-corrected chi connectivity index (χ4v) is 4.36. The van der Waals surface area contributed by atoms with E-state index >= 15 is 0 Å². The Hall–Kier alpha value is -1.68. The normalized spacial score (nSPS) is 26.7. The zero-order valence-corrected chi connectivity index (χ0v) is 14.2. The highest BCUT2D eigenvalue weighted by molar-refractivity contribution is 5.94. The molecule has 1 atom stereocenters. The number of carbonyl (C=O) groups excluding carboxylic acids is 2. The van der Waals surface area contributed by atoms with E-state index in [1.54, 1.807) is 4.90 Å². The Balaban J connectivity index is 1.41. The lowest BCUT2D eigenvalue weighted by molar-refractivity contribution is -0.152. The van der Waals surface area contributed by atoms with Crippen LogP contribution in [0.4, 0.5) is 0 Å². The van der Waals surface area contributed by atoms with Crippen molar-refractivity contribution in [2.45, 2.75) is 57.0 Å². The zero-order valence-electron chi connectivity index (χ0n) is 14.2. The lowest BCUT2D eigenvalue weighted by Gasteiger charge is -2.37. The molecule has 24 heavy (non-hydrogen) atoms. The summed E-state index contributed by atoms with van der Waals surface area (Å²) < 4.78 is 5.71. The maximum Gasteiger partial charge on any atom is 0.227 e. The second-order valence-electron chi connectivity index (χ2n) is 7.42. The largest absolute Gasteiger partial charge is 0.367 e. The van der Waals surface area contributed by atoms with E-state index in [4.69, 9.17) is 4.74 Å². The summed E-state index contributed by atoms with van der Waals surface area (Å²) >= 11 is 0. The van der Waals surface area contributed by atoms with Crippen LogP contribution in [0.1, 0.15) is 48.8 Å². The molecule has 0 saturated carbocycles. The van der Waals surface area contributed by atoms with Crippen LogP contribution < -0.4 is 0 Å². The molecule has 1 aromatic carbocycles. The van der Waals surface area contributed by atoms with Gasteiger partial charge in [-0.25, -0.2) is 0 Å². The molecule has 3 aliphatic rings. The van der Waals surface area contributed by atoms with Crippen molar-refractivity contribution >= 4 is 11.7 Å². The highest BCUT2D eigenvalue weighted by atomic mass is 16.5. The van der Waals surface area contributed by atoms with Gasteiger partial charge in [0.25, 0.3) is 0 Å². The summed E-state index contributed by atoms with van der Waals surface area (Å²) in [5.41, 5.74) is 3.33. The third kappa shape index (κ3) is 2.88. The molecule has 1 spiro atoms. The molecule has 0 aromatic heterocycles. The van der Waals surface area contributed by atoms with Gasteiger partial charge in [0.05, 0.1) is 13.0 Å². The molecule has 0 N–H and O–H groups in total. The van der Waals surface area contributed by atoms with Crippen LogP contribution in [0.15, 0.2) is 18.2 Å². The summed E-state index contributed by atoms with van der Waals surface area (Å²) in [4.78, 5) is 26.8. The number of ketones is 1. The summed E-state index contributed by atoms with van der Waals surface area (Å²) in [7, 11) is 0. The van der Waals surface area contributed by atoms with Gasteiger partial charge in [-0.2, -0.15) is 0 Å². The van der Waals surface area contributed by atoms with Gasteiger partial charge < -0.3 is 9.64 Å². The second-order valence-corrected chi connectivity index (χ2v) is 7.42. The fraction of sp³-hybridized carbons (Fsp3) is 0.600. The summed E-state index contributed by atoms with van der Waals surface area (Å²) in [6, 6.07) is 6.45. The SMILES string of the molecule is O=C(Cc1ccc2c(c1)CCCC2)N1CCC2(CCCO2)C(=O)C1. The summed E-state index contributed by atoms with van der Waals surface area (Å²) in [5, 5.41) is 0. The average molecular weight is 327 g/mol. The lowest BCUT2D eigenvalue weighted by Crippen LogP contribution is -2.54. The van der Waals surface area contributed by atoms with Crippen LogP contribution >= 0.6 is 0 Å². The molecule has 1 amide bonds. The minimum atomic E-state index is -0.581. The number of benzene rings is 1. The van der Waals surface area contributed by atoms with E-state index in [-0.39, 0.29) is 18.2 Å². The van der Waals surface area contributed by atoms with Crippen molar-refractivity contribution in [1.29, 1.82) is 0 Å². The predicted octanol–water partition coefficient (Wildman–Crippen LogP) is 2.46. The molecule has 0 bridgehead atoms. The maximum atomic E-state index is 12.6. The molecule has 1 aliphatic carbocycles. The van der Waals surface area contributed by atoms with Crippen molar-refractivity contribution in [3.05, 3.63) is 34.9 Å². The molecule has 2 saturated heterocycles. The van der Waals surface area contributed by atoms with Crippen LogP contribution in [-0.4, -0.2) is 41.9 Å². The number of likely N-dealkylation sites (tertiary alicyclic amines) is 1. The topological polar surface area (TPSA) is 46.6 Å². The van der Waals surface area contributed by atoms with Crippen molar-refractivity contribution in [2.75, 3.05) is 19.7 Å². The molecular formula is C20H25NO3. The predicted molar refractivity (Wildman–Crippen MR) is 90.9 cm³/mol. The van der Waals surface area contributed by atoms with E-state index in [2.05, 4.69) is 18.2 Å². The minimum absolute atomic E-state index is 0.0620. The van der Waals surface area contributed by atoms with Gasteiger partial charge in [0, 0.05) is 19.6 Å². The van der Waals surface area contributed by atoms with E-state index in [1.807, 2.05) is 0 Å². The Labute approximate surface area is 143 Å². The Morgan fingerprint density at radius 3 is 2.71 bits per heavy atom. The molecule has 2 fully saturated rings. The number of piperidine rings is 1. The molecule has 2 heterocycles. The van der Waals surface area contributed by atoms with Crippen LogP contribution in [0.25, 0.3) is 0 Å². The van der Waals surface area contributed by atoms with Crippen molar-refractivity contribution in [2.24, 2.45) is 0 Å². The first-order chi connectivity index (χ1) is 11.7. The first-order valence-electron chi connectivity index (χ1n) is 9.22. The zero-order chi connectivity index (χ0) is 16.6. The quantitative estimate of drug-likeness (QED) is 0.838. The number of aryl methyl sites for hydroxylation is 2. The minimum Gasteiger partial charge on any atom is -0.367 e. The Bertz CT molecular complexity index is 661. The highest BCUT2D eigenvalue weighted by Crippen LogP contribution is 2.33. The van der Waals surface area contributed by atoms with Crippen molar-refractivity contribution in [3.63, 3.8) is 0 Å². The number of nitrogens with zero attached hydrogens (tertiary/aromatic N) is 1. The molecular weight excluding hydrogens is 302 g/mol. The maximum absolute atomic E-state index is 12.6. The van der Waals surface area contributed by atoms with Gasteiger partial charge in [-0.05, 0) is 55.2 Å². The smallest absolute Gasteiger partial charge is 0.227 e. The van der Waals surface area contributed by atoms with E-state index < -0.39 is 5.60 Å². The van der Waals surface area contributed by atoms with Crippen molar-refractivity contribution in [3.8, 4) is 0 Å². The van der Waals surface area contributed by atoms with Crippen LogP contribution in [0, 0.1) is 0 Å². The Kier molecular flexibility index (Phi) is 4.17. The fourth-order valence-electron chi connectivity index (χ4n) is 4.36. The van der Waals surface area contributed by atoms with Crippen LogP contribution in [0.3, 0.4) is 0 Å². The van der Waals surface area contributed by atoms with E-state index in [0.29, 0.717) is 26.0 Å². The van der Waals surface area contributed by atoms with Crippen LogP contribution in [-0.2, 0) is 33.6 Å². The van der Waals surface area contributed by atoms with Crippen LogP contribution in [0.2, 0.25) is 0 Å². The van der Waals surface area contributed by atoms with E-state index in [0.717, 1.165) is 31.2 Å². The molecule has 4 rings (SSSR count). The number of rotatable bonds is 2. The number of ether oxygens (including phenoxy) is 1. The molecule has 128 valence electrons. The number of fused-ring (bicyclic) bond motifs is 1. The van der Waals surface area contributed by atoms with Gasteiger partial charge in [-0.3, -0.25) is 9.59 Å². The van der Waals surface area contributed by atoms with Gasteiger partial charge in [0.2, 0.25) is 5.91 Å². The average Bonchev–Trinajstić information content (AvgIpc) is 3.07. The molecule has 2 aliphatic heterocycles. The molecule has 0 radical (unpaired) electrons. The highest BCUT2D eigenvalue weighted by Gasteiger charge is 2.46. The lowest BCUT2D eigenvalue weighted by atomic mass is 9.87.